The molecule has 3 aliphatic rings. The van der Waals surface area contributed by atoms with Gasteiger partial charge in [0, 0.05) is 31.2 Å². The lowest BCUT2D eigenvalue weighted by Crippen LogP contribution is -2.47. The van der Waals surface area contributed by atoms with Crippen molar-refractivity contribution in [1.82, 2.24) is 4.90 Å². The van der Waals surface area contributed by atoms with E-state index in [1.807, 2.05) is 27.7 Å². The quantitative estimate of drug-likeness (QED) is 0.519. The van der Waals surface area contributed by atoms with Gasteiger partial charge in [0.2, 0.25) is 5.92 Å². The van der Waals surface area contributed by atoms with Crippen LogP contribution in [0.15, 0.2) is 24.3 Å². The Morgan fingerprint density at radius 2 is 1.50 bits per heavy atom. The number of carbonyl (C=O) groups excluding carboxylic acids is 3. The van der Waals surface area contributed by atoms with Crippen LogP contribution < -0.4 is 5.46 Å². The van der Waals surface area contributed by atoms with Crippen LogP contribution in [0.1, 0.15) is 63.7 Å². The molecule has 7 nitrogen and oxygen atoms in total. The molecule has 1 spiro atoms. The Hall–Kier alpha value is -2.33. The van der Waals surface area contributed by atoms with Crippen LogP contribution in [0.5, 0.6) is 0 Å². The third-order valence-electron chi connectivity index (χ3n) is 6.99. The van der Waals surface area contributed by atoms with E-state index in [-0.39, 0.29) is 12.8 Å². The van der Waals surface area contributed by atoms with E-state index in [9.17, 15) is 23.2 Å². The number of rotatable bonds is 4. The summed E-state index contributed by atoms with van der Waals surface area (Å²) < 4.78 is 44.1. The highest BCUT2D eigenvalue weighted by Crippen LogP contribution is 2.44. The highest BCUT2D eigenvalue weighted by Gasteiger charge is 2.58. The Balaban J connectivity index is 1.42. The van der Waals surface area contributed by atoms with E-state index in [0.29, 0.717) is 10.5 Å². The molecule has 1 saturated carbocycles. The van der Waals surface area contributed by atoms with Crippen LogP contribution >= 0.6 is 0 Å². The summed E-state index contributed by atoms with van der Waals surface area (Å²) in [6.45, 7) is 7.26. The molecular weight excluding hydrogens is 423 g/mol. The largest absolute Gasteiger partial charge is 0.494 e. The normalized spacial score (nSPS) is 25.3. The number of carbonyl (C=O) groups is 3. The van der Waals surface area contributed by atoms with Gasteiger partial charge in [-0.2, -0.15) is 0 Å². The van der Waals surface area contributed by atoms with Crippen LogP contribution in [0.25, 0.3) is 0 Å². The average Bonchev–Trinajstić information content (AvgIpc) is 3.07. The number of Topliss-reactive ketones (excluding diaryl/α,β-unsaturated/α-hetero) is 1. The number of amides is 2. The molecule has 4 rings (SSSR count). The summed E-state index contributed by atoms with van der Waals surface area (Å²) in [7, 11) is -0.580. The molecule has 0 unspecified atom stereocenters. The van der Waals surface area contributed by atoms with Crippen molar-refractivity contribution in [1.29, 1.82) is 0 Å². The minimum atomic E-state index is -2.87. The standard InChI is InChI=1S/C22H26BF2NO6/c1-19(2)20(3,4)32-23(31-19)15-7-5-14(6-8-15)16(27)13-26-17(28)21(30-18(26)29)9-11-22(24,25)12-10-21/h5-8H,9-13H2,1-4H3. The molecule has 0 atom stereocenters. The van der Waals surface area contributed by atoms with Gasteiger partial charge in [-0.1, -0.05) is 24.3 Å². The van der Waals surface area contributed by atoms with E-state index >= 15 is 0 Å². The molecule has 2 saturated heterocycles. The molecule has 0 aromatic heterocycles. The lowest BCUT2D eigenvalue weighted by molar-refractivity contribution is -0.146. The third-order valence-corrected chi connectivity index (χ3v) is 6.99. The van der Waals surface area contributed by atoms with Gasteiger partial charge in [0.25, 0.3) is 5.91 Å². The number of ether oxygens (including phenoxy) is 1. The summed E-state index contributed by atoms with van der Waals surface area (Å²) in [6.07, 6.45) is -2.54. The predicted octanol–water partition coefficient (Wildman–Crippen LogP) is 3.10. The molecule has 2 amide bonds. The minimum Gasteiger partial charge on any atom is -0.432 e. The molecule has 32 heavy (non-hydrogen) atoms. The number of benzene rings is 1. The van der Waals surface area contributed by atoms with Gasteiger partial charge in [-0.15, -0.1) is 0 Å². The zero-order chi connectivity index (χ0) is 23.5. The number of hydrogen-bond donors (Lipinski definition) is 0. The molecule has 172 valence electrons. The van der Waals surface area contributed by atoms with Crippen molar-refractivity contribution < 1.29 is 37.2 Å². The van der Waals surface area contributed by atoms with Crippen molar-refractivity contribution in [2.45, 2.75) is 76.1 Å². The highest BCUT2D eigenvalue weighted by molar-refractivity contribution is 6.62. The molecule has 2 heterocycles. The first-order valence-electron chi connectivity index (χ1n) is 10.7. The van der Waals surface area contributed by atoms with Crippen molar-refractivity contribution >= 4 is 30.4 Å². The predicted molar refractivity (Wildman–Crippen MR) is 111 cm³/mol. The number of nitrogens with zero attached hydrogens (tertiary/aromatic N) is 1. The molecule has 0 bridgehead atoms. The van der Waals surface area contributed by atoms with Gasteiger partial charge >= 0.3 is 13.2 Å². The van der Waals surface area contributed by atoms with Gasteiger partial charge in [0.05, 0.1) is 17.7 Å². The van der Waals surface area contributed by atoms with Crippen molar-refractivity contribution in [3.05, 3.63) is 29.8 Å². The molecule has 10 heteroatoms. The van der Waals surface area contributed by atoms with Crippen molar-refractivity contribution in [2.75, 3.05) is 6.54 Å². The van der Waals surface area contributed by atoms with Gasteiger partial charge in [-0.3, -0.25) is 9.59 Å². The first-order chi connectivity index (χ1) is 14.8. The summed E-state index contributed by atoms with van der Waals surface area (Å²) in [5, 5.41) is 0. The fraction of sp³-hybridized carbons (Fsp3) is 0.591. The fourth-order valence-corrected chi connectivity index (χ4v) is 4.11. The number of halogens is 2. The lowest BCUT2D eigenvalue weighted by atomic mass is 9.78. The van der Waals surface area contributed by atoms with Crippen LogP contribution in [0.2, 0.25) is 0 Å². The van der Waals surface area contributed by atoms with E-state index in [0.717, 1.165) is 5.46 Å². The molecule has 1 aromatic rings. The van der Waals surface area contributed by atoms with Gasteiger partial charge in [-0.05, 0) is 33.2 Å². The Morgan fingerprint density at radius 3 is 2.03 bits per heavy atom. The summed E-state index contributed by atoms with van der Waals surface area (Å²) in [5.41, 5.74) is -1.55. The zero-order valence-electron chi connectivity index (χ0n) is 18.6. The van der Waals surface area contributed by atoms with Crippen LogP contribution in [0.3, 0.4) is 0 Å². The monoisotopic (exact) mass is 449 g/mol. The Morgan fingerprint density at radius 1 is 0.969 bits per heavy atom. The second-order valence-electron chi connectivity index (χ2n) is 9.74. The van der Waals surface area contributed by atoms with Crippen molar-refractivity contribution in [2.24, 2.45) is 0 Å². The van der Waals surface area contributed by atoms with E-state index < -0.39 is 67.0 Å². The van der Waals surface area contributed by atoms with E-state index in [1.54, 1.807) is 24.3 Å². The van der Waals surface area contributed by atoms with Gasteiger partial charge < -0.3 is 14.0 Å². The van der Waals surface area contributed by atoms with E-state index in [1.165, 1.54) is 0 Å². The number of hydrogen-bond acceptors (Lipinski definition) is 6. The topological polar surface area (TPSA) is 82.1 Å². The van der Waals surface area contributed by atoms with Crippen LogP contribution in [-0.4, -0.2) is 59.1 Å². The van der Waals surface area contributed by atoms with Gasteiger partial charge in [0.15, 0.2) is 11.4 Å². The molecular formula is C22H26BF2NO6. The second-order valence-corrected chi connectivity index (χ2v) is 9.74. The van der Waals surface area contributed by atoms with Crippen molar-refractivity contribution in [3.8, 4) is 0 Å². The molecule has 1 aliphatic carbocycles. The SMILES string of the molecule is CC1(C)OB(c2ccc(C(=O)CN3C(=O)OC4(CCC(F)(F)CC4)C3=O)cc2)OC1(C)C. The number of ketones is 1. The molecule has 0 radical (unpaired) electrons. The first kappa shape index (κ1) is 22.9. The third kappa shape index (κ3) is 3.83. The fourth-order valence-electron chi connectivity index (χ4n) is 4.11. The molecule has 2 aliphatic heterocycles. The summed E-state index contributed by atoms with van der Waals surface area (Å²) in [6, 6.07) is 6.55. The molecule has 1 aromatic carbocycles. The van der Waals surface area contributed by atoms with Crippen LogP contribution in [0.4, 0.5) is 13.6 Å². The highest BCUT2D eigenvalue weighted by atomic mass is 19.3. The lowest BCUT2D eigenvalue weighted by Gasteiger charge is -2.33. The number of alkyl halides is 2. The Labute approximate surface area is 185 Å². The van der Waals surface area contributed by atoms with Gasteiger partial charge in [0.1, 0.15) is 0 Å². The Kier molecular flexibility index (Phi) is 5.25. The average molecular weight is 449 g/mol. The summed E-state index contributed by atoms with van der Waals surface area (Å²) in [5.74, 6) is -4.06. The van der Waals surface area contributed by atoms with Gasteiger partial charge in [-0.25, -0.2) is 18.5 Å². The first-order valence-corrected chi connectivity index (χ1v) is 10.7. The summed E-state index contributed by atoms with van der Waals surface area (Å²) >= 11 is 0. The molecule has 3 fully saturated rings. The van der Waals surface area contributed by atoms with E-state index in [2.05, 4.69) is 0 Å². The minimum absolute atomic E-state index is 0.252. The van der Waals surface area contributed by atoms with Crippen molar-refractivity contribution in [3.63, 3.8) is 0 Å². The maximum absolute atomic E-state index is 13.5. The maximum Gasteiger partial charge on any atom is 0.494 e. The smallest absolute Gasteiger partial charge is 0.432 e. The zero-order valence-corrected chi connectivity index (χ0v) is 18.6. The van der Waals surface area contributed by atoms with Crippen LogP contribution in [0, 0.1) is 0 Å². The molecule has 0 N–H and O–H groups in total. The Bertz CT molecular complexity index is 936. The summed E-state index contributed by atoms with van der Waals surface area (Å²) in [4.78, 5) is 38.5. The maximum atomic E-state index is 13.5. The van der Waals surface area contributed by atoms with E-state index in [4.69, 9.17) is 14.0 Å². The van der Waals surface area contributed by atoms with Crippen LogP contribution in [-0.2, 0) is 18.8 Å². The second kappa shape index (κ2) is 7.35. The number of imide groups is 1.